The van der Waals surface area contributed by atoms with Crippen LogP contribution >= 0.6 is 11.3 Å². The van der Waals surface area contributed by atoms with Crippen LogP contribution in [-0.4, -0.2) is 34.3 Å². The Labute approximate surface area is 97.8 Å². The predicted molar refractivity (Wildman–Crippen MR) is 66.6 cm³/mol. The molecule has 2 unspecified atom stereocenters. The summed E-state index contributed by atoms with van der Waals surface area (Å²) in [5, 5.41) is 5.24. The first-order valence-electron chi connectivity index (χ1n) is 5.12. The van der Waals surface area contributed by atoms with Crippen molar-refractivity contribution in [3.05, 3.63) is 17.1 Å². The molecule has 2 heterocycles. The molecule has 2 atom stereocenters. The van der Waals surface area contributed by atoms with Gasteiger partial charge in [0, 0.05) is 34.4 Å². The van der Waals surface area contributed by atoms with Crippen LogP contribution in [0.15, 0.2) is 17.1 Å². The summed E-state index contributed by atoms with van der Waals surface area (Å²) in [7, 11) is -0.603. The van der Waals surface area contributed by atoms with Crippen LogP contribution in [0.4, 0.5) is 0 Å². The monoisotopic (exact) mass is 246 g/mol. The van der Waals surface area contributed by atoms with E-state index in [0.29, 0.717) is 5.92 Å². The molecular formula is C10H18N2OS2. The Bertz CT molecular complexity index is 241. The zero-order chi connectivity index (χ0) is 10.9. The van der Waals surface area contributed by atoms with Crippen molar-refractivity contribution >= 4 is 22.1 Å². The maximum absolute atomic E-state index is 10.8. The van der Waals surface area contributed by atoms with Gasteiger partial charge < -0.3 is 5.32 Å². The fourth-order valence-corrected chi connectivity index (χ4v) is 2.87. The van der Waals surface area contributed by atoms with E-state index in [9.17, 15) is 4.21 Å². The highest BCUT2D eigenvalue weighted by atomic mass is 32.2. The van der Waals surface area contributed by atoms with E-state index in [4.69, 9.17) is 0 Å². The van der Waals surface area contributed by atoms with Gasteiger partial charge in [-0.15, -0.1) is 11.3 Å². The lowest BCUT2D eigenvalue weighted by Crippen LogP contribution is -2.32. The molecule has 0 aromatic carbocycles. The van der Waals surface area contributed by atoms with Crippen LogP contribution < -0.4 is 5.32 Å². The third-order valence-corrected chi connectivity index (χ3v) is 3.68. The number of nitrogens with zero attached hydrogens (tertiary/aromatic N) is 1. The molecule has 0 aliphatic carbocycles. The molecular weight excluding hydrogens is 228 g/mol. The number of thiazole rings is 1. The Kier molecular flexibility index (Phi) is 6.80. The lowest BCUT2D eigenvalue weighted by atomic mass is 10.0. The fourth-order valence-electron chi connectivity index (χ4n) is 1.57. The summed E-state index contributed by atoms with van der Waals surface area (Å²) in [6, 6.07) is 0. The van der Waals surface area contributed by atoms with E-state index < -0.39 is 10.8 Å². The van der Waals surface area contributed by atoms with Gasteiger partial charge in [-0.05, 0) is 31.8 Å². The molecule has 15 heavy (non-hydrogen) atoms. The van der Waals surface area contributed by atoms with E-state index in [-0.39, 0.29) is 0 Å². The van der Waals surface area contributed by atoms with Gasteiger partial charge in [-0.1, -0.05) is 0 Å². The van der Waals surface area contributed by atoms with Crippen LogP contribution in [0.3, 0.4) is 0 Å². The van der Waals surface area contributed by atoms with E-state index in [1.54, 1.807) is 29.3 Å². The number of hydrogen-bond donors (Lipinski definition) is 1. The van der Waals surface area contributed by atoms with Crippen molar-refractivity contribution in [3.8, 4) is 0 Å². The molecule has 0 saturated carbocycles. The summed E-state index contributed by atoms with van der Waals surface area (Å²) in [5.74, 6) is 1.55. The minimum Gasteiger partial charge on any atom is -0.316 e. The molecule has 0 radical (unpaired) electrons. The molecule has 1 aliphatic heterocycles. The number of nitrogens with one attached hydrogen (secondary N) is 1. The lowest BCUT2D eigenvalue weighted by Gasteiger charge is -2.21. The molecule has 0 bridgehead atoms. The van der Waals surface area contributed by atoms with Gasteiger partial charge in [0.05, 0.1) is 5.51 Å². The molecule has 1 aromatic heterocycles. The molecule has 1 N–H and O–H groups in total. The molecule has 1 aliphatic rings. The molecule has 2 rings (SSSR count). The standard InChI is InChI=1S/C7H15NOS.C3H3NS/c1-10(9)6-7-3-2-4-8-5-7;1-2-5-3-4-1/h7-8H,2-6H2,1H3;1-3H. The van der Waals surface area contributed by atoms with Crippen molar-refractivity contribution in [1.82, 2.24) is 10.3 Å². The van der Waals surface area contributed by atoms with Gasteiger partial charge >= 0.3 is 0 Å². The first-order chi connectivity index (χ1) is 7.29. The van der Waals surface area contributed by atoms with E-state index in [1.165, 1.54) is 12.8 Å². The smallest absolute Gasteiger partial charge is 0.0791 e. The summed E-state index contributed by atoms with van der Waals surface area (Å²) in [6.45, 7) is 2.21. The molecule has 1 fully saturated rings. The minimum absolute atomic E-state index is 0.603. The summed E-state index contributed by atoms with van der Waals surface area (Å²) in [6.07, 6.45) is 6.06. The molecule has 3 nitrogen and oxygen atoms in total. The summed E-state index contributed by atoms with van der Waals surface area (Å²) >= 11 is 1.60. The van der Waals surface area contributed by atoms with Crippen LogP contribution in [0.5, 0.6) is 0 Å². The maximum Gasteiger partial charge on any atom is 0.0791 e. The topological polar surface area (TPSA) is 42.0 Å². The van der Waals surface area contributed by atoms with E-state index in [0.717, 1.165) is 18.8 Å². The van der Waals surface area contributed by atoms with Crippen molar-refractivity contribution in [1.29, 1.82) is 0 Å². The van der Waals surface area contributed by atoms with Gasteiger partial charge in [0.2, 0.25) is 0 Å². The molecule has 0 spiro atoms. The second-order valence-corrected chi connectivity index (χ2v) is 5.86. The highest BCUT2D eigenvalue weighted by Crippen LogP contribution is 2.10. The van der Waals surface area contributed by atoms with E-state index in [1.807, 2.05) is 5.38 Å². The average Bonchev–Trinajstić information content (AvgIpc) is 2.76. The summed E-state index contributed by atoms with van der Waals surface area (Å²) in [5.41, 5.74) is 1.79. The quantitative estimate of drug-likeness (QED) is 0.860. The molecule has 1 saturated heterocycles. The highest BCUT2D eigenvalue weighted by Gasteiger charge is 2.13. The van der Waals surface area contributed by atoms with Crippen molar-refractivity contribution in [2.24, 2.45) is 5.92 Å². The molecule has 1 aromatic rings. The third kappa shape index (κ3) is 6.76. The van der Waals surface area contributed by atoms with Crippen LogP contribution in [0.2, 0.25) is 0 Å². The second kappa shape index (κ2) is 7.96. The highest BCUT2D eigenvalue weighted by molar-refractivity contribution is 7.84. The third-order valence-electron chi connectivity index (χ3n) is 2.22. The van der Waals surface area contributed by atoms with Gasteiger partial charge in [0.15, 0.2) is 0 Å². The second-order valence-electron chi connectivity index (χ2n) is 3.63. The van der Waals surface area contributed by atoms with Crippen molar-refractivity contribution in [3.63, 3.8) is 0 Å². The first-order valence-corrected chi connectivity index (χ1v) is 7.79. The maximum atomic E-state index is 10.8. The van der Waals surface area contributed by atoms with Crippen LogP contribution in [0, 0.1) is 5.92 Å². The molecule has 0 amide bonds. The van der Waals surface area contributed by atoms with Gasteiger partial charge in [0.25, 0.3) is 0 Å². The van der Waals surface area contributed by atoms with Gasteiger partial charge in [-0.3, -0.25) is 9.19 Å². The Morgan fingerprint density at radius 2 is 2.53 bits per heavy atom. The number of rotatable bonds is 2. The normalized spacial score (nSPS) is 22.6. The molecule has 5 heteroatoms. The lowest BCUT2D eigenvalue weighted by molar-refractivity contribution is 0.408. The molecule has 86 valence electrons. The largest absolute Gasteiger partial charge is 0.316 e. The van der Waals surface area contributed by atoms with Crippen molar-refractivity contribution < 1.29 is 4.21 Å². The zero-order valence-corrected chi connectivity index (χ0v) is 10.6. The first kappa shape index (κ1) is 12.8. The number of piperidine rings is 1. The number of aromatic nitrogens is 1. The predicted octanol–water partition coefficient (Wildman–Crippen LogP) is 1.51. The fraction of sp³-hybridized carbons (Fsp3) is 0.700. The van der Waals surface area contributed by atoms with Gasteiger partial charge in [-0.25, -0.2) is 0 Å². The zero-order valence-electron chi connectivity index (χ0n) is 9.02. The van der Waals surface area contributed by atoms with E-state index >= 15 is 0 Å². The Morgan fingerprint density at radius 1 is 1.67 bits per heavy atom. The van der Waals surface area contributed by atoms with E-state index in [2.05, 4.69) is 10.3 Å². The minimum atomic E-state index is -0.603. The number of hydrogen-bond acceptors (Lipinski definition) is 4. The Hall–Kier alpha value is -0.260. The van der Waals surface area contributed by atoms with Crippen LogP contribution in [0.25, 0.3) is 0 Å². The van der Waals surface area contributed by atoms with Crippen molar-refractivity contribution in [2.45, 2.75) is 12.8 Å². The van der Waals surface area contributed by atoms with Crippen LogP contribution in [0.1, 0.15) is 12.8 Å². The summed E-state index contributed by atoms with van der Waals surface area (Å²) in [4.78, 5) is 3.74. The van der Waals surface area contributed by atoms with Crippen molar-refractivity contribution in [2.75, 3.05) is 25.1 Å². The van der Waals surface area contributed by atoms with Gasteiger partial charge in [-0.2, -0.15) is 0 Å². The Balaban J connectivity index is 0.000000187. The van der Waals surface area contributed by atoms with Gasteiger partial charge in [0.1, 0.15) is 0 Å². The SMILES string of the molecule is CS(=O)CC1CCCNC1.c1cscn1. The average molecular weight is 246 g/mol. The van der Waals surface area contributed by atoms with Crippen LogP contribution in [-0.2, 0) is 10.8 Å². The Morgan fingerprint density at radius 3 is 2.93 bits per heavy atom. The summed E-state index contributed by atoms with van der Waals surface area (Å²) < 4.78 is 10.8.